The number of rotatable bonds is 5. The molecule has 1 fully saturated rings. The largest absolute Gasteiger partial charge is 0.317 e. The fraction of sp³-hybridized carbons (Fsp3) is 0.625. The van der Waals surface area contributed by atoms with E-state index in [1.54, 1.807) is 12.1 Å². The summed E-state index contributed by atoms with van der Waals surface area (Å²) in [5.74, 6) is 0.488. The van der Waals surface area contributed by atoms with Crippen molar-refractivity contribution >= 4 is 0 Å². The van der Waals surface area contributed by atoms with Gasteiger partial charge in [0.05, 0.1) is 0 Å². The van der Waals surface area contributed by atoms with Gasteiger partial charge in [-0.1, -0.05) is 25.1 Å². The Morgan fingerprint density at radius 3 is 2.90 bits per heavy atom. The molecule has 2 atom stereocenters. The van der Waals surface area contributed by atoms with Gasteiger partial charge in [0.15, 0.2) is 0 Å². The van der Waals surface area contributed by atoms with Crippen LogP contribution in [0.4, 0.5) is 8.78 Å². The van der Waals surface area contributed by atoms with E-state index in [1.807, 2.05) is 6.07 Å². The van der Waals surface area contributed by atoms with Crippen molar-refractivity contribution < 1.29 is 8.78 Å². The van der Waals surface area contributed by atoms with Gasteiger partial charge >= 0.3 is 0 Å². The molecular formula is C16H24F2N2. The zero-order chi connectivity index (χ0) is 14.5. The molecule has 1 N–H and O–H groups in total. The molecule has 1 heterocycles. The molecule has 4 heteroatoms. The molecule has 1 aromatic rings. The summed E-state index contributed by atoms with van der Waals surface area (Å²) in [6.45, 7) is 5.03. The lowest BCUT2D eigenvalue weighted by Gasteiger charge is -2.40. The molecule has 0 saturated carbocycles. The van der Waals surface area contributed by atoms with Crippen LogP contribution in [0.2, 0.25) is 0 Å². The predicted molar refractivity (Wildman–Crippen MR) is 78.0 cm³/mol. The smallest absolute Gasteiger partial charge is 0.263 e. The van der Waals surface area contributed by atoms with Crippen LogP contribution in [0.1, 0.15) is 43.4 Å². The highest BCUT2D eigenvalue weighted by Gasteiger charge is 2.30. The fourth-order valence-corrected chi connectivity index (χ4v) is 3.21. The lowest BCUT2D eigenvalue weighted by atomic mass is 9.84. The fourth-order valence-electron chi connectivity index (χ4n) is 3.21. The van der Waals surface area contributed by atoms with Crippen molar-refractivity contribution in [2.75, 3.05) is 26.7 Å². The topological polar surface area (TPSA) is 15.3 Å². The van der Waals surface area contributed by atoms with E-state index < -0.39 is 6.43 Å². The van der Waals surface area contributed by atoms with Gasteiger partial charge < -0.3 is 5.32 Å². The predicted octanol–water partition coefficient (Wildman–Crippen LogP) is 3.62. The van der Waals surface area contributed by atoms with E-state index in [2.05, 4.69) is 24.2 Å². The Kier molecular flexibility index (Phi) is 5.49. The summed E-state index contributed by atoms with van der Waals surface area (Å²) < 4.78 is 25.8. The first kappa shape index (κ1) is 15.4. The summed E-state index contributed by atoms with van der Waals surface area (Å²) in [5.41, 5.74) is 1.15. The molecule has 2 nitrogen and oxygen atoms in total. The summed E-state index contributed by atoms with van der Waals surface area (Å²) in [5, 5.41) is 3.40. The number of hydrogen-bond donors (Lipinski definition) is 1. The van der Waals surface area contributed by atoms with Crippen LogP contribution < -0.4 is 5.32 Å². The minimum absolute atomic E-state index is 0.128. The monoisotopic (exact) mass is 282 g/mol. The van der Waals surface area contributed by atoms with E-state index in [9.17, 15) is 8.78 Å². The molecule has 112 valence electrons. The molecule has 1 aromatic carbocycles. The Labute approximate surface area is 120 Å². The third-order valence-electron chi connectivity index (χ3n) is 4.17. The third-order valence-corrected chi connectivity index (χ3v) is 4.17. The molecule has 1 saturated heterocycles. The highest BCUT2D eigenvalue weighted by atomic mass is 19.3. The van der Waals surface area contributed by atoms with Crippen LogP contribution >= 0.6 is 0 Å². The van der Waals surface area contributed by atoms with Crippen molar-refractivity contribution in [3.05, 3.63) is 35.4 Å². The lowest BCUT2D eigenvalue weighted by Crippen LogP contribution is -2.40. The van der Waals surface area contributed by atoms with Crippen LogP contribution in [-0.4, -0.2) is 31.6 Å². The maximum Gasteiger partial charge on any atom is 0.263 e. The van der Waals surface area contributed by atoms with Crippen molar-refractivity contribution in [1.82, 2.24) is 10.2 Å². The minimum atomic E-state index is -2.39. The number of nitrogens with one attached hydrogen (secondary N) is 1. The average molecular weight is 282 g/mol. The second-order valence-corrected chi connectivity index (χ2v) is 5.61. The first-order chi connectivity index (χ1) is 9.63. The number of alkyl halides is 2. The van der Waals surface area contributed by atoms with Crippen molar-refractivity contribution in [1.29, 1.82) is 0 Å². The Morgan fingerprint density at radius 2 is 2.20 bits per heavy atom. The molecule has 0 bridgehead atoms. The first-order valence-corrected chi connectivity index (χ1v) is 7.42. The summed E-state index contributed by atoms with van der Waals surface area (Å²) in [7, 11) is 2.10. The molecule has 0 radical (unpaired) electrons. The summed E-state index contributed by atoms with van der Waals surface area (Å²) in [6.07, 6.45) is -0.0607. The van der Waals surface area contributed by atoms with E-state index in [0.717, 1.165) is 31.6 Å². The minimum Gasteiger partial charge on any atom is -0.317 e. The number of hydrogen-bond acceptors (Lipinski definition) is 2. The summed E-state index contributed by atoms with van der Waals surface area (Å²) in [6, 6.07) is 7.16. The standard InChI is InChI=1S/C16H24F2N2/c1-3-19-11-14-8-5-9-20(2)15(14)12-6-4-7-13(10-12)16(17)18/h4,6-7,10,14-16,19H,3,5,8-9,11H2,1-2H3. The van der Waals surface area contributed by atoms with E-state index >= 15 is 0 Å². The van der Waals surface area contributed by atoms with Gasteiger partial charge in [-0.15, -0.1) is 0 Å². The number of piperidine rings is 1. The molecule has 0 amide bonds. The Hall–Kier alpha value is -1.00. The normalized spacial score (nSPS) is 24.2. The van der Waals surface area contributed by atoms with Crippen LogP contribution in [0.5, 0.6) is 0 Å². The maximum absolute atomic E-state index is 12.9. The van der Waals surface area contributed by atoms with Gasteiger partial charge in [0.25, 0.3) is 6.43 Å². The van der Waals surface area contributed by atoms with Gasteiger partial charge in [0, 0.05) is 11.6 Å². The van der Waals surface area contributed by atoms with Crippen molar-refractivity contribution in [3.63, 3.8) is 0 Å². The van der Waals surface area contributed by atoms with E-state index in [1.165, 1.54) is 12.5 Å². The summed E-state index contributed by atoms with van der Waals surface area (Å²) >= 11 is 0. The quantitative estimate of drug-likeness (QED) is 0.887. The molecule has 2 unspecified atom stereocenters. The van der Waals surface area contributed by atoms with Gasteiger partial charge in [-0.3, -0.25) is 4.90 Å². The molecule has 0 spiro atoms. The van der Waals surface area contributed by atoms with E-state index in [0.29, 0.717) is 5.92 Å². The molecule has 20 heavy (non-hydrogen) atoms. The number of nitrogens with zero attached hydrogens (tertiary/aromatic N) is 1. The Bertz CT molecular complexity index is 423. The number of halogens is 2. The van der Waals surface area contributed by atoms with Crippen molar-refractivity contribution in [3.8, 4) is 0 Å². The van der Waals surface area contributed by atoms with E-state index in [-0.39, 0.29) is 11.6 Å². The van der Waals surface area contributed by atoms with Crippen molar-refractivity contribution in [2.45, 2.75) is 32.2 Å². The molecule has 1 aliphatic rings. The molecule has 1 aliphatic heterocycles. The van der Waals surface area contributed by atoms with Gasteiger partial charge in [-0.2, -0.15) is 0 Å². The average Bonchev–Trinajstić information content (AvgIpc) is 2.45. The second-order valence-electron chi connectivity index (χ2n) is 5.61. The lowest BCUT2D eigenvalue weighted by molar-refractivity contribution is 0.119. The van der Waals surface area contributed by atoms with Gasteiger partial charge in [0.1, 0.15) is 0 Å². The van der Waals surface area contributed by atoms with Crippen LogP contribution in [-0.2, 0) is 0 Å². The highest BCUT2D eigenvalue weighted by Crippen LogP contribution is 2.35. The highest BCUT2D eigenvalue weighted by molar-refractivity contribution is 5.28. The zero-order valence-electron chi connectivity index (χ0n) is 12.3. The van der Waals surface area contributed by atoms with Gasteiger partial charge in [-0.05, 0) is 57.1 Å². The Balaban J connectivity index is 2.22. The second kappa shape index (κ2) is 7.14. The molecule has 0 aromatic heterocycles. The molecule has 0 aliphatic carbocycles. The van der Waals surface area contributed by atoms with Crippen molar-refractivity contribution in [2.24, 2.45) is 5.92 Å². The van der Waals surface area contributed by atoms with E-state index in [4.69, 9.17) is 0 Å². The maximum atomic E-state index is 12.9. The number of likely N-dealkylation sites (tertiary alicyclic amines) is 1. The number of benzene rings is 1. The van der Waals surface area contributed by atoms with Crippen LogP contribution in [0.3, 0.4) is 0 Å². The van der Waals surface area contributed by atoms with Crippen LogP contribution in [0.15, 0.2) is 24.3 Å². The zero-order valence-corrected chi connectivity index (χ0v) is 12.3. The van der Waals surface area contributed by atoms with Crippen LogP contribution in [0.25, 0.3) is 0 Å². The summed E-state index contributed by atoms with van der Waals surface area (Å²) in [4.78, 5) is 2.30. The molecular weight excluding hydrogens is 258 g/mol. The van der Waals surface area contributed by atoms with Crippen LogP contribution in [0, 0.1) is 5.92 Å². The Morgan fingerprint density at radius 1 is 1.40 bits per heavy atom. The third kappa shape index (κ3) is 3.55. The van der Waals surface area contributed by atoms with Gasteiger partial charge in [-0.25, -0.2) is 8.78 Å². The first-order valence-electron chi connectivity index (χ1n) is 7.42. The van der Waals surface area contributed by atoms with Gasteiger partial charge in [0.2, 0.25) is 0 Å². The SMILES string of the molecule is CCNCC1CCCN(C)C1c1cccc(C(F)F)c1. The molecule has 2 rings (SSSR count).